The zero-order valence-corrected chi connectivity index (χ0v) is 14.2. The van der Waals surface area contributed by atoms with Crippen molar-refractivity contribution in [3.63, 3.8) is 0 Å². The molecule has 3 rings (SSSR count). The number of benzene rings is 2. The second kappa shape index (κ2) is 6.56. The smallest absolute Gasteiger partial charge is 0.224 e. The van der Waals surface area contributed by atoms with Crippen molar-refractivity contribution in [2.24, 2.45) is 0 Å². The van der Waals surface area contributed by atoms with Gasteiger partial charge in [-0.05, 0) is 28.7 Å². The van der Waals surface area contributed by atoms with E-state index in [9.17, 15) is 4.39 Å². The number of halogens is 1. The van der Waals surface area contributed by atoms with E-state index in [1.807, 2.05) is 0 Å². The average Bonchev–Trinajstić information content (AvgIpc) is 2.55. The molecule has 0 saturated carbocycles. The van der Waals surface area contributed by atoms with Gasteiger partial charge >= 0.3 is 0 Å². The minimum absolute atomic E-state index is 0.152. The topological polar surface area (TPSA) is 35.0 Å². The van der Waals surface area contributed by atoms with Gasteiger partial charge in [0, 0.05) is 6.42 Å². The molecule has 3 aromatic rings. The highest BCUT2D eigenvalue weighted by molar-refractivity contribution is 5.83. The van der Waals surface area contributed by atoms with Gasteiger partial charge in [0.05, 0.1) is 12.0 Å². The molecule has 2 aromatic carbocycles. The van der Waals surface area contributed by atoms with Crippen molar-refractivity contribution < 1.29 is 9.13 Å². The highest BCUT2D eigenvalue weighted by Gasteiger charge is 2.13. The van der Waals surface area contributed by atoms with Crippen molar-refractivity contribution in [1.29, 1.82) is 0 Å². The maximum Gasteiger partial charge on any atom is 0.224 e. The van der Waals surface area contributed by atoms with Gasteiger partial charge in [0.15, 0.2) is 0 Å². The van der Waals surface area contributed by atoms with Gasteiger partial charge in [-0.25, -0.2) is 14.4 Å². The Morgan fingerprint density at radius 3 is 2.46 bits per heavy atom. The van der Waals surface area contributed by atoms with Crippen molar-refractivity contribution in [3.8, 4) is 5.88 Å². The van der Waals surface area contributed by atoms with Crippen LogP contribution in [-0.2, 0) is 11.8 Å². The van der Waals surface area contributed by atoms with Gasteiger partial charge in [0.1, 0.15) is 17.7 Å². The van der Waals surface area contributed by atoms with Crippen LogP contribution in [0.1, 0.15) is 31.9 Å². The molecule has 0 spiro atoms. The van der Waals surface area contributed by atoms with Crippen LogP contribution in [0.3, 0.4) is 0 Å². The number of rotatable bonds is 4. The van der Waals surface area contributed by atoms with E-state index in [1.165, 1.54) is 23.5 Å². The SMILES string of the molecule is CC(C)(C)c1ccc(CCOc2ncnc3c([18F])cccc23)cc1. The van der Waals surface area contributed by atoms with E-state index < -0.39 is 0 Å². The summed E-state index contributed by atoms with van der Waals surface area (Å²) >= 11 is 0. The Hall–Kier alpha value is -2.49. The minimum Gasteiger partial charge on any atom is -0.477 e. The molecule has 0 fully saturated rings. The zero-order valence-electron chi connectivity index (χ0n) is 14.2. The van der Waals surface area contributed by atoms with Crippen LogP contribution in [0, 0.1) is 5.82 Å². The quantitative estimate of drug-likeness (QED) is 0.699. The fourth-order valence-corrected chi connectivity index (χ4v) is 2.58. The molecule has 24 heavy (non-hydrogen) atoms. The Kier molecular flexibility index (Phi) is 4.47. The van der Waals surface area contributed by atoms with Crippen LogP contribution in [0.4, 0.5) is 4.39 Å². The molecule has 0 N–H and O–H groups in total. The second-order valence-corrected chi connectivity index (χ2v) is 6.86. The van der Waals surface area contributed by atoms with Crippen LogP contribution in [0.5, 0.6) is 5.88 Å². The summed E-state index contributed by atoms with van der Waals surface area (Å²) in [4.78, 5) is 8.10. The van der Waals surface area contributed by atoms with Gasteiger partial charge in [0.2, 0.25) is 5.88 Å². The fraction of sp³-hybridized carbons (Fsp3) is 0.300. The average molecular weight is 323 g/mol. The van der Waals surface area contributed by atoms with Crippen LogP contribution < -0.4 is 4.74 Å². The molecule has 0 aliphatic heterocycles. The first kappa shape index (κ1) is 16.4. The van der Waals surface area contributed by atoms with Crippen LogP contribution in [0.2, 0.25) is 0 Å². The van der Waals surface area contributed by atoms with Crippen molar-refractivity contribution in [3.05, 3.63) is 65.7 Å². The molecule has 0 bridgehead atoms. The molecule has 0 saturated heterocycles. The molecule has 0 aliphatic rings. The summed E-state index contributed by atoms with van der Waals surface area (Å²) in [7, 11) is 0. The molecule has 1 heterocycles. The highest BCUT2D eigenvalue weighted by Crippen LogP contribution is 2.24. The highest BCUT2D eigenvalue weighted by atomic mass is 18.2. The lowest BCUT2D eigenvalue weighted by atomic mass is 9.86. The molecule has 0 amide bonds. The van der Waals surface area contributed by atoms with Gasteiger partial charge in [-0.1, -0.05) is 51.1 Å². The Balaban J connectivity index is 1.68. The lowest BCUT2D eigenvalue weighted by molar-refractivity contribution is 0.313. The predicted molar refractivity (Wildman–Crippen MR) is 93.8 cm³/mol. The Bertz CT molecular complexity index is 838. The largest absolute Gasteiger partial charge is 0.477 e. The normalized spacial score (nSPS) is 11.7. The molecule has 0 unspecified atom stereocenters. The minimum atomic E-state index is -0.363. The number of para-hydroxylation sites is 1. The predicted octanol–water partition coefficient (Wildman–Crippen LogP) is 4.69. The molecular formula is C20H21FN2O. The fourth-order valence-electron chi connectivity index (χ4n) is 2.58. The van der Waals surface area contributed by atoms with Crippen molar-refractivity contribution in [2.45, 2.75) is 32.6 Å². The van der Waals surface area contributed by atoms with Gasteiger partial charge < -0.3 is 4.74 Å². The Morgan fingerprint density at radius 1 is 1.00 bits per heavy atom. The molecular weight excluding hydrogens is 302 g/mol. The van der Waals surface area contributed by atoms with Gasteiger partial charge in [-0.3, -0.25) is 0 Å². The molecule has 1 aromatic heterocycles. The van der Waals surface area contributed by atoms with Gasteiger partial charge in [-0.2, -0.15) is 0 Å². The van der Waals surface area contributed by atoms with E-state index in [1.54, 1.807) is 12.1 Å². The lowest BCUT2D eigenvalue weighted by Crippen LogP contribution is -2.11. The van der Waals surface area contributed by atoms with Crippen LogP contribution in [0.25, 0.3) is 10.9 Å². The summed E-state index contributed by atoms with van der Waals surface area (Å²) in [5.41, 5.74) is 2.95. The first-order valence-electron chi connectivity index (χ1n) is 8.06. The summed E-state index contributed by atoms with van der Waals surface area (Å²) in [6, 6.07) is 13.4. The summed E-state index contributed by atoms with van der Waals surface area (Å²) in [5.74, 6) is 0.0586. The maximum atomic E-state index is 13.7. The van der Waals surface area contributed by atoms with E-state index in [2.05, 4.69) is 55.0 Å². The van der Waals surface area contributed by atoms with Crippen LogP contribution >= 0.6 is 0 Å². The maximum absolute atomic E-state index is 13.7. The zero-order chi connectivity index (χ0) is 17.2. The Morgan fingerprint density at radius 2 is 1.75 bits per heavy atom. The summed E-state index contributed by atoms with van der Waals surface area (Å²) in [5, 5.41) is 0.598. The van der Waals surface area contributed by atoms with Crippen molar-refractivity contribution in [2.75, 3.05) is 6.61 Å². The molecule has 4 heteroatoms. The Labute approximate surface area is 141 Å². The molecule has 0 aliphatic carbocycles. The molecule has 124 valence electrons. The molecule has 0 atom stereocenters. The third-order valence-electron chi connectivity index (χ3n) is 4.03. The van der Waals surface area contributed by atoms with Crippen LogP contribution in [-0.4, -0.2) is 16.6 Å². The third kappa shape index (κ3) is 3.53. The van der Waals surface area contributed by atoms with E-state index >= 15 is 0 Å². The number of hydrogen-bond donors (Lipinski definition) is 0. The number of fused-ring (bicyclic) bond motifs is 1. The number of aromatic nitrogens is 2. The number of ether oxygens (including phenoxy) is 1. The summed E-state index contributed by atoms with van der Waals surface area (Å²) in [6.07, 6.45) is 2.10. The monoisotopic (exact) mass is 323 g/mol. The second-order valence-electron chi connectivity index (χ2n) is 6.86. The van der Waals surface area contributed by atoms with E-state index in [0.717, 1.165) is 6.42 Å². The first-order chi connectivity index (χ1) is 11.4. The first-order valence-corrected chi connectivity index (χ1v) is 8.06. The third-order valence-corrected chi connectivity index (χ3v) is 4.03. The van der Waals surface area contributed by atoms with E-state index in [0.29, 0.717) is 17.9 Å². The van der Waals surface area contributed by atoms with Gasteiger partial charge in [0.25, 0.3) is 0 Å². The van der Waals surface area contributed by atoms with E-state index in [-0.39, 0.29) is 16.7 Å². The number of nitrogens with zero attached hydrogens (tertiary/aromatic N) is 2. The molecule has 3 nitrogen and oxygen atoms in total. The summed E-state index contributed by atoms with van der Waals surface area (Å²) in [6.45, 7) is 7.08. The van der Waals surface area contributed by atoms with E-state index in [4.69, 9.17) is 4.74 Å². The van der Waals surface area contributed by atoms with Gasteiger partial charge in [-0.15, -0.1) is 0 Å². The number of hydrogen-bond acceptors (Lipinski definition) is 3. The van der Waals surface area contributed by atoms with Crippen LogP contribution in [0.15, 0.2) is 48.8 Å². The van der Waals surface area contributed by atoms with Crippen molar-refractivity contribution in [1.82, 2.24) is 9.97 Å². The lowest BCUT2D eigenvalue weighted by Gasteiger charge is -2.19. The standard InChI is InChI=1S/C20H21FN2O/c1-20(2,3)15-9-7-14(8-10-15)11-12-24-19-16-5-4-6-17(21)18(16)22-13-23-19/h4-10,13H,11-12H2,1-3H3/i21-1. The van der Waals surface area contributed by atoms with Crippen molar-refractivity contribution >= 4 is 10.9 Å². The molecule has 0 radical (unpaired) electrons. The summed E-state index contributed by atoms with van der Waals surface area (Å²) < 4.78 is 19.5.